The fourth-order valence-electron chi connectivity index (χ4n) is 2.80. The van der Waals surface area contributed by atoms with Gasteiger partial charge in [0, 0.05) is 12.1 Å². The molecule has 1 atom stereocenters. The van der Waals surface area contributed by atoms with Crippen LogP contribution in [0.25, 0.3) is 0 Å². The molecule has 2 rings (SSSR count). The first-order valence-electron chi connectivity index (χ1n) is 8.39. The molecular weight excluding hydrogens is 320 g/mol. The Bertz CT molecular complexity index is 794. The van der Waals surface area contributed by atoms with Crippen molar-refractivity contribution in [3.63, 3.8) is 0 Å². The number of nitrogens with one attached hydrogen (secondary N) is 1. The van der Waals surface area contributed by atoms with E-state index in [2.05, 4.69) is 9.97 Å². The van der Waals surface area contributed by atoms with Crippen LogP contribution in [0.5, 0.6) is 5.75 Å². The minimum Gasteiger partial charge on any atom is -0.491 e. The standard InChI is InChI=1S/C19H24N2O4/c1-5-15(19(23)24)17-12(4)20-16(21-18(17)22)10-13-6-8-14(9-7-13)25-11(2)3/h6-9,11,15H,5,10H2,1-4H3,(H,23,24)(H,20,21,22). The molecule has 2 aromatic rings. The zero-order valence-corrected chi connectivity index (χ0v) is 15.0. The van der Waals surface area contributed by atoms with Gasteiger partial charge in [-0.3, -0.25) is 9.59 Å². The summed E-state index contributed by atoms with van der Waals surface area (Å²) in [4.78, 5) is 30.8. The SMILES string of the molecule is CCC(C(=O)O)c1c(C)nc(Cc2ccc(OC(C)C)cc2)[nH]c1=O. The van der Waals surface area contributed by atoms with Crippen molar-refractivity contribution < 1.29 is 14.6 Å². The van der Waals surface area contributed by atoms with Gasteiger partial charge in [0.1, 0.15) is 11.6 Å². The summed E-state index contributed by atoms with van der Waals surface area (Å²) in [7, 11) is 0. The van der Waals surface area contributed by atoms with Gasteiger partial charge in [0.25, 0.3) is 5.56 Å². The van der Waals surface area contributed by atoms with E-state index in [1.54, 1.807) is 13.8 Å². The van der Waals surface area contributed by atoms with Crippen LogP contribution in [0.15, 0.2) is 29.1 Å². The smallest absolute Gasteiger partial charge is 0.311 e. The summed E-state index contributed by atoms with van der Waals surface area (Å²) in [6, 6.07) is 7.61. The molecule has 0 radical (unpaired) electrons. The topological polar surface area (TPSA) is 92.3 Å². The van der Waals surface area contributed by atoms with Crippen LogP contribution in [0, 0.1) is 6.92 Å². The molecule has 0 aliphatic carbocycles. The van der Waals surface area contributed by atoms with Crippen molar-refractivity contribution in [2.24, 2.45) is 0 Å². The van der Waals surface area contributed by atoms with Crippen LogP contribution in [-0.2, 0) is 11.2 Å². The monoisotopic (exact) mass is 344 g/mol. The Hall–Kier alpha value is -2.63. The number of carboxylic acids is 1. The molecule has 6 nitrogen and oxygen atoms in total. The molecule has 0 saturated carbocycles. The Kier molecular flexibility index (Phi) is 5.96. The maximum atomic E-state index is 12.4. The van der Waals surface area contributed by atoms with Gasteiger partial charge in [-0.25, -0.2) is 4.98 Å². The Morgan fingerprint density at radius 1 is 1.28 bits per heavy atom. The van der Waals surface area contributed by atoms with E-state index < -0.39 is 11.9 Å². The number of aromatic nitrogens is 2. The third-order valence-corrected chi connectivity index (χ3v) is 3.92. The van der Waals surface area contributed by atoms with Gasteiger partial charge in [-0.05, 0) is 44.9 Å². The Morgan fingerprint density at radius 3 is 2.40 bits per heavy atom. The normalized spacial score (nSPS) is 12.2. The number of aryl methyl sites for hydroxylation is 1. The highest BCUT2D eigenvalue weighted by molar-refractivity contribution is 5.76. The molecule has 0 fully saturated rings. The second-order valence-corrected chi connectivity index (χ2v) is 6.30. The first-order valence-corrected chi connectivity index (χ1v) is 8.39. The zero-order valence-electron chi connectivity index (χ0n) is 15.0. The molecule has 0 aliphatic heterocycles. The van der Waals surface area contributed by atoms with Gasteiger partial charge in [-0.15, -0.1) is 0 Å². The van der Waals surface area contributed by atoms with E-state index >= 15 is 0 Å². The largest absolute Gasteiger partial charge is 0.491 e. The lowest BCUT2D eigenvalue weighted by Gasteiger charge is -2.13. The predicted molar refractivity (Wildman–Crippen MR) is 95.3 cm³/mol. The summed E-state index contributed by atoms with van der Waals surface area (Å²) in [6.45, 7) is 7.35. The number of nitrogens with zero attached hydrogens (tertiary/aromatic N) is 1. The molecule has 0 saturated heterocycles. The predicted octanol–water partition coefficient (Wildman–Crippen LogP) is 3.03. The Labute approximate surface area is 146 Å². The lowest BCUT2D eigenvalue weighted by Crippen LogP contribution is -2.25. The van der Waals surface area contributed by atoms with Crippen molar-refractivity contribution in [2.75, 3.05) is 0 Å². The zero-order chi connectivity index (χ0) is 18.6. The molecule has 2 N–H and O–H groups in total. The van der Waals surface area contributed by atoms with Gasteiger partial charge >= 0.3 is 5.97 Å². The summed E-state index contributed by atoms with van der Waals surface area (Å²) in [5.41, 5.74) is 1.31. The fourth-order valence-corrected chi connectivity index (χ4v) is 2.80. The van der Waals surface area contributed by atoms with E-state index in [-0.39, 0.29) is 17.2 Å². The van der Waals surface area contributed by atoms with Crippen molar-refractivity contribution >= 4 is 5.97 Å². The second kappa shape index (κ2) is 7.96. The van der Waals surface area contributed by atoms with Gasteiger partial charge in [-0.1, -0.05) is 19.1 Å². The summed E-state index contributed by atoms with van der Waals surface area (Å²) in [6.07, 6.45) is 0.916. The maximum Gasteiger partial charge on any atom is 0.311 e. The third-order valence-electron chi connectivity index (χ3n) is 3.92. The minimum atomic E-state index is -1.01. The van der Waals surface area contributed by atoms with E-state index in [1.807, 2.05) is 38.1 Å². The lowest BCUT2D eigenvalue weighted by atomic mass is 9.96. The van der Waals surface area contributed by atoms with Crippen molar-refractivity contribution in [3.05, 3.63) is 57.3 Å². The lowest BCUT2D eigenvalue weighted by molar-refractivity contribution is -0.138. The molecule has 1 unspecified atom stereocenters. The first kappa shape index (κ1) is 18.7. The van der Waals surface area contributed by atoms with Crippen LogP contribution >= 0.6 is 0 Å². The van der Waals surface area contributed by atoms with Crippen LogP contribution in [0.2, 0.25) is 0 Å². The first-order chi connectivity index (χ1) is 11.8. The average Bonchev–Trinajstić information content (AvgIpc) is 2.52. The molecule has 0 amide bonds. The van der Waals surface area contributed by atoms with Crippen LogP contribution in [0.1, 0.15) is 55.8 Å². The number of aliphatic carboxylic acids is 1. The molecule has 1 aromatic carbocycles. The number of rotatable bonds is 7. The number of carbonyl (C=O) groups is 1. The van der Waals surface area contributed by atoms with Crippen molar-refractivity contribution in [1.82, 2.24) is 9.97 Å². The fraction of sp³-hybridized carbons (Fsp3) is 0.421. The summed E-state index contributed by atoms with van der Waals surface area (Å²) in [5.74, 6) is -0.535. The highest BCUT2D eigenvalue weighted by Gasteiger charge is 2.24. The molecule has 25 heavy (non-hydrogen) atoms. The summed E-state index contributed by atoms with van der Waals surface area (Å²) < 4.78 is 5.61. The minimum absolute atomic E-state index is 0.111. The van der Waals surface area contributed by atoms with E-state index in [9.17, 15) is 14.7 Å². The number of aromatic amines is 1. The Balaban J connectivity index is 2.24. The van der Waals surface area contributed by atoms with E-state index in [4.69, 9.17) is 4.74 Å². The molecule has 0 aliphatic rings. The van der Waals surface area contributed by atoms with Crippen molar-refractivity contribution in [1.29, 1.82) is 0 Å². The molecule has 6 heteroatoms. The van der Waals surface area contributed by atoms with Crippen LogP contribution in [0.4, 0.5) is 0 Å². The maximum absolute atomic E-state index is 12.4. The highest BCUT2D eigenvalue weighted by atomic mass is 16.5. The summed E-state index contributed by atoms with van der Waals surface area (Å²) >= 11 is 0. The van der Waals surface area contributed by atoms with Gasteiger partial charge in [0.05, 0.1) is 17.6 Å². The van der Waals surface area contributed by atoms with Crippen LogP contribution in [0.3, 0.4) is 0 Å². The highest BCUT2D eigenvalue weighted by Crippen LogP contribution is 2.19. The molecule has 1 aromatic heterocycles. The third kappa shape index (κ3) is 4.68. The molecule has 134 valence electrons. The van der Waals surface area contributed by atoms with E-state index in [0.29, 0.717) is 24.4 Å². The Morgan fingerprint density at radius 2 is 1.92 bits per heavy atom. The number of benzene rings is 1. The molecule has 1 heterocycles. The molecule has 0 bridgehead atoms. The van der Waals surface area contributed by atoms with Gasteiger partial charge < -0.3 is 14.8 Å². The number of carboxylic acid groups (broad SMARTS) is 1. The van der Waals surface area contributed by atoms with Crippen LogP contribution < -0.4 is 10.3 Å². The number of hydrogen-bond acceptors (Lipinski definition) is 4. The van der Waals surface area contributed by atoms with Crippen molar-refractivity contribution in [2.45, 2.75) is 52.6 Å². The van der Waals surface area contributed by atoms with Gasteiger partial charge in [0.15, 0.2) is 0 Å². The molecular formula is C19H24N2O4. The quantitative estimate of drug-likeness (QED) is 0.805. The van der Waals surface area contributed by atoms with E-state index in [0.717, 1.165) is 11.3 Å². The molecule has 0 spiro atoms. The van der Waals surface area contributed by atoms with Gasteiger partial charge in [0.2, 0.25) is 0 Å². The number of ether oxygens (including phenoxy) is 1. The second-order valence-electron chi connectivity index (χ2n) is 6.30. The summed E-state index contributed by atoms with van der Waals surface area (Å²) in [5, 5.41) is 9.28. The van der Waals surface area contributed by atoms with Crippen LogP contribution in [-0.4, -0.2) is 27.1 Å². The van der Waals surface area contributed by atoms with Gasteiger partial charge in [-0.2, -0.15) is 0 Å². The number of H-pyrrole nitrogens is 1. The van der Waals surface area contributed by atoms with E-state index in [1.165, 1.54) is 0 Å². The number of hydrogen-bond donors (Lipinski definition) is 2. The van der Waals surface area contributed by atoms with Crippen molar-refractivity contribution in [3.8, 4) is 5.75 Å². The average molecular weight is 344 g/mol.